The third-order valence-corrected chi connectivity index (χ3v) is 5.47. The molecule has 7 nitrogen and oxygen atoms in total. The number of nitrogens with one attached hydrogen (secondary N) is 1. The van der Waals surface area contributed by atoms with Gasteiger partial charge in [-0.3, -0.25) is 9.59 Å². The van der Waals surface area contributed by atoms with Gasteiger partial charge < -0.3 is 19.5 Å². The fraction of sp³-hybridized carbons (Fsp3) is 0.227. The van der Waals surface area contributed by atoms with Crippen LogP contribution >= 0.6 is 22.9 Å². The highest BCUT2D eigenvalue weighted by Gasteiger charge is 2.13. The number of halogens is 1. The molecule has 1 amide bonds. The summed E-state index contributed by atoms with van der Waals surface area (Å²) in [5.41, 5.74) is 2.32. The van der Waals surface area contributed by atoms with Crippen molar-refractivity contribution in [3.8, 4) is 22.1 Å². The standard InChI is InChI=1S/C22H21ClN2O5S/c1-28-18-8-5-15(9-19(18)29-2)22-25-17(13-31-22)10-21(27)30-12-20(26)24-11-14-3-6-16(23)7-4-14/h3-9,13H,10-12H2,1-2H3,(H,24,26). The van der Waals surface area contributed by atoms with Gasteiger partial charge in [0.15, 0.2) is 18.1 Å². The fourth-order valence-electron chi connectivity index (χ4n) is 2.69. The third kappa shape index (κ3) is 6.44. The van der Waals surface area contributed by atoms with Crippen LogP contribution in [0.4, 0.5) is 0 Å². The Morgan fingerprint density at radius 1 is 1.06 bits per heavy atom. The lowest BCUT2D eigenvalue weighted by atomic mass is 10.2. The van der Waals surface area contributed by atoms with Crippen LogP contribution in [0.1, 0.15) is 11.3 Å². The van der Waals surface area contributed by atoms with E-state index in [4.69, 9.17) is 25.8 Å². The number of hydrogen-bond acceptors (Lipinski definition) is 7. The van der Waals surface area contributed by atoms with Crippen LogP contribution in [0.3, 0.4) is 0 Å². The van der Waals surface area contributed by atoms with E-state index in [1.807, 2.05) is 24.3 Å². The van der Waals surface area contributed by atoms with Gasteiger partial charge in [0.05, 0.1) is 26.3 Å². The first-order valence-corrected chi connectivity index (χ1v) is 10.6. The maximum absolute atomic E-state index is 12.1. The molecule has 1 heterocycles. The highest BCUT2D eigenvalue weighted by Crippen LogP contribution is 2.33. The number of rotatable bonds is 9. The average Bonchev–Trinajstić information content (AvgIpc) is 3.25. The zero-order chi connectivity index (χ0) is 22.2. The minimum Gasteiger partial charge on any atom is -0.493 e. The van der Waals surface area contributed by atoms with Crippen molar-refractivity contribution in [1.29, 1.82) is 0 Å². The number of methoxy groups -OCH3 is 2. The number of carbonyl (C=O) groups excluding carboxylic acids is 2. The van der Waals surface area contributed by atoms with Gasteiger partial charge in [0.25, 0.3) is 5.91 Å². The second kappa shape index (κ2) is 10.8. The van der Waals surface area contributed by atoms with Crippen LogP contribution in [0.25, 0.3) is 10.6 Å². The van der Waals surface area contributed by atoms with Gasteiger partial charge in [0.2, 0.25) is 0 Å². The molecule has 3 rings (SSSR count). The van der Waals surface area contributed by atoms with Gasteiger partial charge in [-0.1, -0.05) is 23.7 Å². The largest absolute Gasteiger partial charge is 0.493 e. The van der Waals surface area contributed by atoms with Gasteiger partial charge in [0.1, 0.15) is 5.01 Å². The number of nitrogens with zero attached hydrogens (tertiary/aromatic N) is 1. The second-order valence-electron chi connectivity index (χ2n) is 6.45. The van der Waals surface area contributed by atoms with Gasteiger partial charge in [-0.2, -0.15) is 0 Å². The molecule has 2 aromatic carbocycles. The van der Waals surface area contributed by atoms with Crippen molar-refractivity contribution in [2.45, 2.75) is 13.0 Å². The van der Waals surface area contributed by atoms with Crippen molar-refractivity contribution in [2.75, 3.05) is 20.8 Å². The van der Waals surface area contributed by atoms with Crippen LogP contribution in [0.5, 0.6) is 11.5 Å². The summed E-state index contributed by atoms with van der Waals surface area (Å²) in [6, 6.07) is 12.6. The molecule has 162 valence electrons. The Hall–Kier alpha value is -3.10. The zero-order valence-corrected chi connectivity index (χ0v) is 18.6. The molecule has 0 aliphatic rings. The molecular weight excluding hydrogens is 440 g/mol. The molecule has 0 saturated carbocycles. The molecule has 9 heteroatoms. The summed E-state index contributed by atoms with van der Waals surface area (Å²) in [6.45, 7) is -0.0204. The number of benzene rings is 2. The van der Waals surface area contributed by atoms with Crippen molar-refractivity contribution in [2.24, 2.45) is 0 Å². The van der Waals surface area contributed by atoms with E-state index in [-0.39, 0.29) is 18.9 Å². The first kappa shape index (κ1) is 22.6. The fourth-order valence-corrected chi connectivity index (χ4v) is 3.63. The number of thiazole rings is 1. The van der Waals surface area contributed by atoms with Crippen LogP contribution in [0.15, 0.2) is 47.8 Å². The van der Waals surface area contributed by atoms with Crippen molar-refractivity contribution in [3.05, 3.63) is 64.1 Å². The monoisotopic (exact) mass is 460 g/mol. The van der Waals surface area contributed by atoms with Crippen LogP contribution in [-0.2, 0) is 27.3 Å². The normalized spacial score (nSPS) is 10.4. The number of ether oxygens (including phenoxy) is 3. The number of esters is 1. The lowest BCUT2D eigenvalue weighted by Crippen LogP contribution is -2.28. The first-order chi connectivity index (χ1) is 15.0. The lowest BCUT2D eigenvalue weighted by Gasteiger charge is -2.08. The smallest absolute Gasteiger partial charge is 0.312 e. The van der Waals surface area contributed by atoms with E-state index in [1.165, 1.54) is 11.3 Å². The lowest BCUT2D eigenvalue weighted by molar-refractivity contribution is -0.147. The molecule has 1 aromatic heterocycles. The Morgan fingerprint density at radius 3 is 2.52 bits per heavy atom. The molecule has 0 spiro atoms. The Morgan fingerprint density at radius 2 is 1.81 bits per heavy atom. The van der Waals surface area contributed by atoms with Crippen molar-refractivity contribution < 1.29 is 23.8 Å². The van der Waals surface area contributed by atoms with E-state index >= 15 is 0 Å². The van der Waals surface area contributed by atoms with E-state index < -0.39 is 5.97 Å². The molecule has 0 bridgehead atoms. The third-order valence-electron chi connectivity index (χ3n) is 4.27. The Balaban J connectivity index is 1.48. The van der Waals surface area contributed by atoms with E-state index in [0.717, 1.165) is 16.1 Å². The van der Waals surface area contributed by atoms with E-state index in [9.17, 15) is 9.59 Å². The summed E-state index contributed by atoms with van der Waals surface area (Å²) in [5.74, 6) is 0.320. The molecule has 0 fully saturated rings. The molecule has 0 aliphatic heterocycles. The molecular formula is C22H21ClN2O5S. The van der Waals surface area contributed by atoms with Gasteiger partial charge in [-0.25, -0.2) is 4.98 Å². The molecule has 0 radical (unpaired) electrons. The topological polar surface area (TPSA) is 86.8 Å². The predicted molar refractivity (Wildman–Crippen MR) is 119 cm³/mol. The van der Waals surface area contributed by atoms with E-state index in [1.54, 1.807) is 37.8 Å². The second-order valence-corrected chi connectivity index (χ2v) is 7.75. The number of aromatic nitrogens is 1. The minimum atomic E-state index is -0.522. The summed E-state index contributed by atoms with van der Waals surface area (Å²) in [4.78, 5) is 28.4. The quantitative estimate of drug-likeness (QED) is 0.487. The predicted octanol–water partition coefficient (Wildman–Crippen LogP) is 3.88. The Bertz CT molecular complexity index is 1050. The average molecular weight is 461 g/mol. The van der Waals surface area contributed by atoms with Crippen LogP contribution in [0, 0.1) is 0 Å². The molecule has 3 aromatic rings. The van der Waals surface area contributed by atoms with Crippen molar-refractivity contribution in [1.82, 2.24) is 10.3 Å². The van der Waals surface area contributed by atoms with Crippen molar-refractivity contribution >= 4 is 34.8 Å². The number of carbonyl (C=O) groups is 2. The number of hydrogen-bond donors (Lipinski definition) is 1. The molecule has 0 atom stereocenters. The maximum atomic E-state index is 12.1. The summed E-state index contributed by atoms with van der Waals surface area (Å²) < 4.78 is 15.6. The Labute approximate surface area is 188 Å². The van der Waals surface area contributed by atoms with Gasteiger partial charge >= 0.3 is 5.97 Å². The molecule has 0 unspecified atom stereocenters. The van der Waals surface area contributed by atoms with Crippen LogP contribution in [-0.4, -0.2) is 37.7 Å². The minimum absolute atomic E-state index is 0.0196. The highest BCUT2D eigenvalue weighted by atomic mass is 35.5. The first-order valence-electron chi connectivity index (χ1n) is 9.32. The van der Waals surface area contributed by atoms with E-state index in [2.05, 4.69) is 10.3 Å². The molecule has 0 aliphatic carbocycles. The van der Waals surface area contributed by atoms with Crippen LogP contribution < -0.4 is 14.8 Å². The summed E-state index contributed by atoms with van der Waals surface area (Å²) in [7, 11) is 3.14. The molecule has 0 saturated heterocycles. The van der Waals surface area contributed by atoms with Gasteiger partial charge in [0, 0.05) is 22.5 Å². The molecule has 1 N–H and O–H groups in total. The van der Waals surface area contributed by atoms with E-state index in [0.29, 0.717) is 28.8 Å². The highest BCUT2D eigenvalue weighted by molar-refractivity contribution is 7.13. The summed E-state index contributed by atoms with van der Waals surface area (Å²) >= 11 is 7.23. The van der Waals surface area contributed by atoms with Crippen molar-refractivity contribution in [3.63, 3.8) is 0 Å². The summed E-state index contributed by atoms with van der Waals surface area (Å²) in [6.07, 6.45) is -0.0196. The van der Waals surface area contributed by atoms with Crippen LogP contribution in [0.2, 0.25) is 5.02 Å². The number of amides is 1. The SMILES string of the molecule is COc1ccc(-c2nc(CC(=O)OCC(=O)NCc3ccc(Cl)cc3)cs2)cc1OC. The molecule has 31 heavy (non-hydrogen) atoms. The van der Waals surface area contributed by atoms with Gasteiger partial charge in [-0.15, -0.1) is 11.3 Å². The zero-order valence-electron chi connectivity index (χ0n) is 17.0. The maximum Gasteiger partial charge on any atom is 0.312 e. The van der Waals surface area contributed by atoms with Gasteiger partial charge in [-0.05, 0) is 35.9 Å². The summed E-state index contributed by atoms with van der Waals surface area (Å²) in [5, 5.41) is 5.84. The Kier molecular flexibility index (Phi) is 7.86.